The summed E-state index contributed by atoms with van der Waals surface area (Å²) in [6.45, 7) is 2.36. The maximum Gasteiger partial charge on any atom is 0.340 e. The van der Waals surface area contributed by atoms with E-state index in [4.69, 9.17) is 4.74 Å². The van der Waals surface area contributed by atoms with Crippen LogP contribution in [0.5, 0.6) is 0 Å². The quantitative estimate of drug-likeness (QED) is 0.857. The molecule has 0 unspecified atom stereocenters. The van der Waals surface area contributed by atoms with Crippen molar-refractivity contribution in [3.63, 3.8) is 0 Å². The highest BCUT2D eigenvalue weighted by molar-refractivity contribution is 7.14. The predicted molar refractivity (Wildman–Crippen MR) is 84.7 cm³/mol. The number of thiophene rings is 1. The summed E-state index contributed by atoms with van der Waals surface area (Å²) >= 11 is 2.59. The van der Waals surface area contributed by atoms with E-state index < -0.39 is 5.97 Å². The van der Waals surface area contributed by atoms with Gasteiger partial charge >= 0.3 is 5.97 Å². The predicted octanol–water partition coefficient (Wildman–Crippen LogP) is 1.91. The van der Waals surface area contributed by atoms with Crippen molar-refractivity contribution >= 4 is 44.9 Å². The Morgan fingerprint density at radius 2 is 2.36 bits per heavy atom. The molecule has 9 heteroatoms. The Morgan fingerprint density at radius 1 is 1.55 bits per heavy atom. The highest BCUT2D eigenvalue weighted by Crippen LogP contribution is 2.32. The van der Waals surface area contributed by atoms with Crippen LogP contribution in [-0.4, -0.2) is 40.9 Å². The molecule has 1 aliphatic rings. The fraction of sp³-hybridized carbons (Fsp3) is 0.385. The Labute approximate surface area is 135 Å². The molecule has 0 aromatic carbocycles. The lowest BCUT2D eigenvalue weighted by Gasteiger charge is -2.16. The summed E-state index contributed by atoms with van der Waals surface area (Å²) in [4.78, 5) is 30.1. The number of aromatic nitrogens is 2. The zero-order valence-corrected chi connectivity index (χ0v) is 13.7. The van der Waals surface area contributed by atoms with Gasteiger partial charge in [0.15, 0.2) is 0 Å². The first kappa shape index (κ1) is 14.9. The van der Waals surface area contributed by atoms with E-state index in [-0.39, 0.29) is 11.9 Å². The molecule has 1 aliphatic heterocycles. The fourth-order valence-corrected chi connectivity index (χ4v) is 3.84. The van der Waals surface area contributed by atoms with Crippen LogP contribution in [0.25, 0.3) is 0 Å². The van der Waals surface area contributed by atoms with Crippen LogP contribution in [0.3, 0.4) is 0 Å². The SMILES string of the molecule is COC(=O)c1ccsc1N1CC[C@@H](Nc2nc(C)ns2)C1=O. The molecule has 2 aromatic heterocycles. The van der Waals surface area contributed by atoms with Crippen molar-refractivity contribution in [1.82, 2.24) is 9.36 Å². The second-order valence-corrected chi connectivity index (χ2v) is 6.40. The Balaban J connectivity index is 1.76. The van der Waals surface area contributed by atoms with E-state index >= 15 is 0 Å². The second kappa shape index (κ2) is 6.01. The smallest absolute Gasteiger partial charge is 0.340 e. The van der Waals surface area contributed by atoms with E-state index in [9.17, 15) is 9.59 Å². The van der Waals surface area contributed by atoms with Crippen LogP contribution in [-0.2, 0) is 9.53 Å². The van der Waals surface area contributed by atoms with Gasteiger partial charge < -0.3 is 15.0 Å². The number of esters is 1. The number of nitrogens with zero attached hydrogens (tertiary/aromatic N) is 3. The Morgan fingerprint density at radius 3 is 3.05 bits per heavy atom. The van der Waals surface area contributed by atoms with Gasteiger partial charge in [-0.3, -0.25) is 4.79 Å². The monoisotopic (exact) mass is 338 g/mol. The molecule has 1 fully saturated rings. The second-order valence-electron chi connectivity index (χ2n) is 4.75. The highest BCUT2D eigenvalue weighted by Gasteiger charge is 2.35. The first-order valence-corrected chi connectivity index (χ1v) is 8.29. The van der Waals surface area contributed by atoms with Gasteiger partial charge in [0.25, 0.3) is 0 Å². The Hall–Kier alpha value is -2.00. The minimum Gasteiger partial charge on any atom is -0.465 e. The van der Waals surface area contributed by atoms with Crippen molar-refractivity contribution in [2.45, 2.75) is 19.4 Å². The third-order valence-corrected chi connectivity index (χ3v) is 5.00. The van der Waals surface area contributed by atoms with Gasteiger partial charge in [0.2, 0.25) is 11.0 Å². The van der Waals surface area contributed by atoms with Crippen LogP contribution >= 0.6 is 22.9 Å². The molecule has 7 nitrogen and oxygen atoms in total. The average molecular weight is 338 g/mol. The number of rotatable bonds is 4. The lowest BCUT2D eigenvalue weighted by atomic mass is 10.2. The van der Waals surface area contributed by atoms with Crippen LogP contribution in [0.15, 0.2) is 11.4 Å². The van der Waals surface area contributed by atoms with Crippen LogP contribution in [0, 0.1) is 6.92 Å². The summed E-state index contributed by atoms with van der Waals surface area (Å²) in [5.41, 5.74) is 0.424. The van der Waals surface area contributed by atoms with Gasteiger partial charge in [0.1, 0.15) is 16.9 Å². The van der Waals surface area contributed by atoms with E-state index in [0.29, 0.717) is 34.5 Å². The third kappa shape index (κ3) is 2.69. The number of anilines is 2. The lowest BCUT2D eigenvalue weighted by molar-refractivity contribution is -0.117. The van der Waals surface area contributed by atoms with Gasteiger partial charge in [-0.1, -0.05) is 0 Å². The molecule has 1 atom stereocenters. The summed E-state index contributed by atoms with van der Waals surface area (Å²) in [5, 5.41) is 6.16. The van der Waals surface area contributed by atoms with Crippen molar-refractivity contribution in [2.24, 2.45) is 0 Å². The van der Waals surface area contributed by atoms with E-state index in [0.717, 1.165) is 0 Å². The summed E-state index contributed by atoms with van der Waals surface area (Å²) in [7, 11) is 1.33. The molecule has 0 spiro atoms. The van der Waals surface area contributed by atoms with Crippen molar-refractivity contribution in [1.29, 1.82) is 0 Å². The van der Waals surface area contributed by atoms with Gasteiger partial charge in [-0.25, -0.2) is 9.78 Å². The molecule has 0 saturated carbocycles. The molecule has 0 aliphatic carbocycles. The van der Waals surface area contributed by atoms with Gasteiger partial charge in [0.05, 0.1) is 12.7 Å². The van der Waals surface area contributed by atoms with Crippen molar-refractivity contribution in [2.75, 3.05) is 23.9 Å². The summed E-state index contributed by atoms with van der Waals surface area (Å²) in [5.74, 6) is 0.182. The number of carbonyl (C=O) groups is 2. The number of amides is 1. The number of ether oxygens (including phenoxy) is 1. The molecule has 1 amide bonds. The number of carbonyl (C=O) groups excluding carboxylic acids is 2. The number of hydrogen-bond acceptors (Lipinski definition) is 8. The molecule has 1 N–H and O–H groups in total. The topological polar surface area (TPSA) is 84.4 Å². The van der Waals surface area contributed by atoms with Gasteiger partial charge in [0, 0.05) is 18.1 Å². The molecule has 2 aromatic rings. The van der Waals surface area contributed by atoms with Crippen LogP contribution in [0.1, 0.15) is 22.6 Å². The van der Waals surface area contributed by atoms with Crippen LogP contribution < -0.4 is 10.2 Å². The molecule has 22 heavy (non-hydrogen) atoms. The summed E-state index contributed by atoms with van der Waals surface area (Å²) < 4.78 is 8.84. The zero-order chi connectivity index (χ0) is 15.7. The average Bonchev–Trinajstić information content (AvgIpc) is 3.21. The first-order chi connectivity index (χ1) is 10.6. The van der Waals surface area contributed by atoms with Gasteiger partial charge in [-0.05, 0) is 24.8 Å². The molecular formula is C13H14N4O3S2. The molecule has 3 heterocycles. The molecule has 3 rings (SSSR count). The third-order valence-electron chi connectivity index (χ3n) is 3.33. The lowest BCUT2D eigenvalue weighted by Crippen LogP contribution is -2.33. The molecule has 116 valence electrons. The van der Waals surface area contributed by atoms with Gasteiger partial charge in [-0.2, -0.15) is 4.37 Å². The van der Waals surface area contributed by atoms with E-state index in [1.807, 2.05) is 0 Å². The standard InChI is InChI=1S/C13H14N4O3S2/c1-7-14-13(22-16-7)15-9-3-5-17(10(9)18)11-8(4-6-21-11)12(19)20-2/h4,6,9H,3,5H2,1-2H3,(H,14,15,16)/t9-/m1/s1. The summed E-state index contributed by atoms with van der Waals surface area (Å²) in [6.07, 6.45) is 0.649. The van der Waals surface area contributed by atoms with Crippen LogP contribution in [0.4, 0.5) is 10.1 Å². The summed E-state index contributed by atoms with van der Waals surface area (Å²) in [6, 6.07) is 1.33. The van der Waals surface area contributed by atoms with Crippen molar-refractivity contribution in [3.8, 4) is 0 Å². The van der Waals surface area contributed by atoms with Crippen molar-refractivity contribution in [3.05, 3.63) is 22.8 Å². The number of aryl methyl sites for hydroxylation is 1. The molecule has 0 radical (unpaired) electrons. The normalized spacial score (nSPS) is 17.8. The van der Waals surface area contributed by atoms with E-state index in [1.165, 1.54) is 30.0 Å². The minimum absolute atomic E-state index is 0.0690. The van der Waals surface area contributed by atoms with E-state index in [1.54, 1.807) is 23.3 Å². The van der Waals surface area contributed by atoms with Crippen LogP contribution in [0.2, 0.25) is 0 Å². The number of methoxy groups -OCH3 is 1. The fourth-order valence-electron chi connectivity index (χ4n) is 2.30. The molecular weight excluding hydrogens is 324 g/mol. The maximum atomic E-state index is 12.6. The largest absolute Gasteiger partial charge is 0.465 e. The first-order valence-electron chi connectivity index (χ1n) is 6.64. The number of nitrogens with one attached hydrogen (secondary N) is 1. The number of hydrogen-bond donors (Lipinski definition) is 1. The molecule has 1 saturated heterocycles. The molecule has 0 bridgehead atoms. The Bertz CT molecular complexity index is 712. The Kier molecular flexibility index (Phi) is 4.08. The van der Waals surface area contributed by atoms with E-state index in [2.05, 4.69) is 14.7 Å². The van der Waals surface area contributed by atoms with Gasteiger partial charge in [-0.15, -0.1) is 11.3 Å². The maximum absolute atomic E-state index is 12.6. The minimum atomic E-state index is -0.430. The van der Waals surface area contributed by atoms with Crippen molar-refractivity contribution < 1.29 is 14.3 Å². The highest BCUT2D eigenvalue weighted by atomic mass is 32.1. The zero-order valence-electron chi connectivity index (χ0n) is 12.0.